The molecule has 2 aromatic carbocycles. The second-order valence-electron chi connectivity index (χ2n) is 7.69. The van der Waals surface area contributed by atoms with Crippen molar-refractivity contribution >= 4 is 5.96 Å². The van der Waals surface area contributed by atoms with Gasteiger partial charge in [-0.3, -0.25) is 4.99 Å². The van der Waals surface area contributed by atoms with Gasteiger partial charge in [-0.25, -0.2) is 4.39 Å². The van der Waals surface area contributed by atoms with E-state index in [0.717, 1.165) is 47.8 Å². The lowest BCUT2D eigenvalue weighted by Gasteiger charge is -2.38. The SMILES string of the molecule is CN=C(NCCc1ccc(OC)c(OC)c1)NCC1(c2cccc(F)c2)CCOCC1. The minimum absolute atomic E-state index is 0.179. The molecule has 0 spiro atoms. The fourth-order valence-corrected chi connectivity index (χ4v) is 3.98. The zero-order valence-corrected chi connectivity index (χ0v) is 18.5. The first kappa shape index (κ1) is 22.9. The van der Waals surface area contributed by atoms with Gasteiger partial charge in [0.2, 0.25) is 0 Å². The van der Waals surface area contributed by atoms with Gasteiger partial charge < -0.3 is 24.8 Å². The highest BCUT2D eigenvalue weighted by atomic mass is 19.1. The van der Waals surface area contributed by atoms with Crippen molar-refractivity contribution in [2.75, 3.05) is 47.6 Å². The van der Waals surface area contributed by atoms with Gasteiger partial charge in [0, 0.05) is 38.8 Å². The second-order valence-corrected chi connectivity index (χ2v) is 7.69. The Balaban J connectivity index is 1.59. The number of rotatable bonds is 8. The first-order valence-electron chi connectivity index (χ1n) is 10.6. The highest BCUT2D eigenvalue weighted by Gasteiger charge is 2.34. The number of nitrogens with zero attached hydrogens (tertiary/aromatic N) is 1. The summed E-state index contributed by atoms with van der Waals surface area (Å²) in [5.41, 5.74) is 1.96. The molecule has 1 fully saturated rings. The molecule has 1 aliphatic rings. The maximum absolute atomic E-state index is 13.9. The monoisotopic (exact) mass is 429 g/mol. The number of hydrogen-bond acceptors (Lipinski definition) is 4. The predicted molar refractivity (Wildman–Crippen MR) is 121 cm³/mol. The summed E-state index contributed by atoms with van der Waals surface area (Å²) in [6.45, 7) is 2.72. The standard InChI is InChI=1S/C24H32FN3O3/c1-26-23(27-12-9-18-7-8-21(29-2)22(15-18)30-3)28-17-24(10-13-31-14-11-24)19-5-4-6-20(25)16-19/h4-8,15-16H,9-14,17H2,1-3H3,(H2,26,27,28). The molecule has 168 valence electrons. The predicted octanol–water partition coefficient (Wildman–Crippen LogP) is 3.30. The van der Waals surface area contributed by atoms with Crippen molar-refractivity contribution in [1.29, 1.82) is 0 Å². The highest BCUT2D eigenvalue weighted by Crippen LogP contribution is 2.34. The Morgan fingerprint density at radius 3 is 2.52 bits per heavy atom. The van der Waals surface area contributed by atoms with Crippen molar-refractivity contribution in [2.24, 2.45) is 4.99 Å². The molecule has 2 N–H and O–H groups in total. The largest absolute Gasteiger partial charge is 0.493 e. The molecule has 0 saturated carbocycles. The van der Waals surface area contributed by atoms with Gasteiger partial charge in [0.1, 0.15) is 5.82 Å². The lowest BCUT2D eigenvalue weighted by atomic mass is 9.74. The van der Waals surface area contributed by atoms with Crippen LogP contribution < -0.4 is 20.1 Å². The van der Waals surface area contributed by atoms with Crippen LogP contribution in [0.5, 0.6) is 11.5 Å². The molecule has 0 atom stereocenters. The van der Waals surface area contributed by atoms with Crippen LogP contribution in [0.4, 0.5) is 4.39 Å². The number of aliphatic imine (C=N–C) groups is 1. The fourth-order valence-electron chi connectivity index (χ4n) is 3.98. The molecule has 0 unspecified atom stereocenters. The van der Waals surface area contributed by atoms with Crippen molar-refractivity contribution in [1.82, 2.24) is 10.6 Å². The van der Waals surface area contributed by atoms with Crippen LogP contribution in [-0.4, -0.2) is 53.5 Å². The van der Waals surface area contributed by atoms with Crippen LogP contribution in [0.25, 0.3) is 0 Å². The van der Waals surface area contributed by atoms with Crippen LogP contribution in [0, 0.1) is 5.82 Å². The lowest BCUT2D eigenvalue weighted by molar-refractivity contribution is 0.0513. The molecule has 3 rings (SSSR count). The van der Waals surface area contributed by atoms with E-state index in [-0.39, 0.29) is 11.2 Å². The number of ether oxygens (including phenoxy) is 3. The van der Waals surface area contributed by atoms with Crippen LogP contribution in [-0.2, 0) is 16.6 Å². The molecule has 0 bridgehead atoms. The van der Waals surface area contributed by atoms with Gasteiger partial charge in [-0.15, -0.1) is 0 Å². The van der Waals surface area contributed by atoms with Crippen LogP contribution in [0.15, 0.2) is 47.5 Å². The molecule has 2 aromatic rings. The maximum atomic E-state index is 13.9. The topological polar surface area (TPSA) is 64.1 Å². The minimum atomic E-state index is -0.208. The maximum Gasteiger partial charge on any atom is 0.191 e. The molecule has 0 aromatic heterocycles. The summed E-state index contributed by atoms with van der Waals surface area (Å²) in [7, 11) is 5.02. The fraction of sp³-hybridized carbons (Fsp3) is 0.458. The summed E-state index contributed by atoms with van der Waals surface area (Å²) >= 11 is 0. The van der Waals surface area contributed by atoms with Crippen molar-refractivity contribution in [2.45, 2.75) is 24.7 Å². The van der Waals surface area contributed by atoms with Gasteiger partial charge in [-0.05, 0) is 54.7 Å². The average molecular weight is 430 g/mol. The summed E-state index contributed by atoms with van der Waals surface area (Å²) in [6.07, 6.45) is 2.49. The van der Waals surface area contributed by atoms with E-state index in [1.807, 2.05) is 24.3 Å². The zero-order chi connectivity index (χ0) is 22.1. The Bertz CT molecular complexity index is 882. The number of methoxy groups -OCH3 is 2. The third-order valence-corrected chi connectivity index (χ3v) is 5.86. The minimum Gasteiger partial charge on any atom is -0.493 e. The third kappa shape index (κ3) is 5.88. The Labute approximate surface area is 183 Å². The molecule has 1 saturated heterocycles. The molecular formula is C24H32FN3O3. The van der Waals surface area contributed by atoms with E-state index in [2.05, 4.69) is 15.6 Å². The first-order valence-corrected chi connectivity index (χ1v) is 10.6. The van der Waals surface area contributed by atoms with E-state index in [0.29, 0.717) is 26.3 Å². The van der Waals surface area contributed by atoms with Crippen LogP contribution in [0.1, 0.15) is 24.0 Å². The first-order chi connectivity index (χ1) is 15.1. The Hall–Kier alpha value is -2.80. The van der Waals surface area contributed by atoms with Crippen LogP contribution in [0.3, 0.4) is 0 Å². The molecular weight excluding hydrogens is 397 g/mol. The number of halogens is 1. The van der Waals surface area contributed by atoms with Gasteiger partial charge in [0.05, 0.1) is 14.2 Å². The van der Waals surface area contributed by atoms with E-state index in [9.17, 15) is 4.39 Å². The Morgan fingerprint density at radius 1 is 1.06 bits per heavy atom. The lowest BCUT2D eigenvalue weighted by Crippen LogP contribution is -2.48. The molecule has 0 aliphatic carbocycles. The average Bonchev–Trinajstić information content (AvgIpc) is 2.81. The number of guanidine groups is 1. The second kappa shape index (κ2) is 11.0. The summed E-state index contributed by atoms with van der Waals surface area (Å²) < 4.78 is 30.1. The van der Waals surface area contributed by atoms with E-state index in [4.69, 9.17) is 14.2 Å². The quantitative estimate of drug-likeness (QED) is 0.498. The summed E-state index contributed by atoms with van der Waals surface area (Å²) in [4.78, 5) is 4.35. The molecule has 7 heteroatoms. The number of nitrogens with one attached hydrogen (secondary N) is 2. The normalized spacial score (nSPS) is 15.9. The Morgan fingerprint density at radius 2 is 1.84 bits per heavy atom. The van der Waals surface area contributed by atoms with E-state index < -0.39 is 0 Å². The van der Waals surface area contributed by atoms with Crippen molar-refractivity contribution < 1.29 is 18.6 Å². The molecule has 31 heavy (non-hydrogen) atoms. The van der Waals surface area contributed by atoms with Crippen LogP contribution in [0.2, 0.25) is 0 Å². The molecule has 0 radical (unpaired) electrons. The van der Waals surface area contributed by atoms with Crippen molar-refractivity contribution in [3.05, 3.63) is 59.4 Å². The smallest absolute Gasteiger partial charge is 0.191 e. The van der Waals surface area contributed by atoms with Crippen molar-refractivity contribution in [3.8, 4) is 11.5 Å². The summed E-state index contributed by atoms with van der Waals surface area (Å²) in [5, 5.41) is 6.81. The summed E-state index contributed by atoms with van der Waals surface area (Å²) in [6, 6.07) is 12.8. The summed E-state index contributed by atoms with van der Waals surface area (Å²) in [5.74, 6) is 1.96. The van der Waals surface area contributed by atoms with Gasteiger partial charge in [-0.1, -0.05) is 18.2 Å². The van der Waals surface area contributed by atoms with Crippen LogP contribution >= 0.6 is 0 Å². The number of hydrogen-bond donors (Lipinski definition) is 2. The molecule has 6 nitrogen and oxygen atoms in total. The van der Waals surface area contributed by atoms with E-state index >= 15 is 0 Å². The van der Waals surface area contributed by atoms with Crippen molar-refractivity contribution in [3.63, 3.8) is 0 Å². The van der Waals surface area contributed by atoms with Gasteiger partial charge in [0.25, 0.3) is 0 Å². The molecule has 1 heterocycles. The van der Waals surface area contributed by atoms with E-state index in [1.165, 1.54) is 6.07 Å². The van der Waals surface area contributed by atoms with Gasteiger partial charge in [-0.2, -0.15) is 0 Å². The van der Waals surface area contributed by atoms with Gasteiger partial charge >= 0.3 is 0 Å². The Kier molecular flexibility index (Phi) is 8.12. The molecule has 1 aliphatic heterocycles. The number of benzene rings is 2. The van der Waals surface area contributed by atoms with Gasteiger partial charge in [0.15, 0.2) is 17.5 Å². The molecule has 0 amide bonds. The zero-order valence-electron chi connectivity index (χ0n) is 18.5. The van der Waals surface area contributed by atoms with E-state index in [1.54, 1.807) is 33.4 Å². The third-order valence-electron chi connectivity index (χ3n) is 5.86. The highest BCUT2D eigenvalue weighted by molar-refractivity contribution is 5.79.